The molecule has 0 bridgehead atoms. The van der Waals surface area contributed by atoms with Crippen LogP contribution in [0.3, 0.4) is 0 Å². The highest BCUT2D eigenvalue weighted by molar-refractivity contribution is 8.00. The molecule has 1 aromatic heterocycles. The molecule has 5 nitrogen and oxygen atoms in total. The minimum Gasteiger partial charge on any atom is -0.352 e. The molecule has 1 aromatic carbocycles. The summed E-state index contributed by atoms with van der Waals surface area (Å²) in [6.07, 6.45) is 3.54. The van der Waals surface area contributed by atoms with Gasteiger partial charge < -0.3 is 9.88 Å². The third kappa shape index (κ3) is 4.43. The van der Waals surface area contributed by atoms with Crippen LogP contribution >= 0.6 is 11.8 Å². The highest BCUT2D eigenvalue weighted by Crippen LogP contribution is 2.31. The number of hydrogen-bond acceptors (Lipinski definition) is 4. The Kier molecular flexibility index (Phi) is 6.81. The van der Waals surface area contributed by atoms with Crippen molar-refractivity contribution in [2.24, 2.45) is 11.8 Å². The number of amides is 1. The average Bonchev–Trinajstić information content (AvgIpc) is 3.08. The summed E-state index contributed by atoms with van der Waals surface area (Å²) in [7, 11) is 0. The minimum absolute atomic E-state index is 0.0963. The highest BCUT2D eigenvalue weighted by Gasteiger charge is 2.30. The van der Waals surface area contributed by atoms with Crippen molar-refractivity contribution in [1.82, 2.24) is 20.1 Å². The van der Waals surface area contributed by atoms with Crippen molar-refractivity contribution in [3.05, 3.63) is 29.8 Å². The third-order valence-corrected chi connectivity index (χ3v) is 7.19. The Hall–Kier alpha value is -1.82. The second kappa shape index (κ2) is 9.12. The Labute approximate surface area is 172 Å². The first-order valence-electron chi connectivity index (χ1n) is 10.4. The molecule has 1 N–H and O–H groups in total. The van der Waals surface area contributed by atoms with Gasteiger partial charge in [0.05, 0.1) is 5.25 Å². The third-order valence-electron chi connectivity index (χ3n) is 6.10. The molecule has 1 saturated carbocycles. The maximum absolute atomic E-state index is 12.8. The molecule has 0 unspecified atom stereocenters. The van der Waals surface area contributed by atoms with Gasteiger partial charge in [-0.3, -0.25) is 4.79 Å². The standard InChI is InChI=1S/C22H32N4OS/c1-6-26-20(18-12-8-7-10-15(18)3)24-25-22(26)28-17(5)21(27)23-19-13-9-11-14(2)16(19)4/h7-8,10,12,14,16-17,19H,6,9,11,13H2,1-5H3,(H,23,27)/t14-,16+,17-,19-/m1/s1. The lowest BCUT2D eigenvalue weighted by Gasteiger charge is -2.35. The van der Waals surface area contributed by atoms with E-state index < -0.39 is 0 Å². The van der Waals surface area contributed by atoms with Gasteiger partial charge in [0.15, 0.2) is 11.0 Å². The van der Waals surface area contributed by atoms with Gasteiger partial charge in [0.25, 0.3) is 0 Å². The number of thioether (sulfide) groups is 1. The summed E-state index contributed by atoms with van der Waals surface area (Å²) >= 11 is 1.49. The number of rotatable bonds is 6. The van der Waals surface area contributed by atoms with Gasteiger partial charge in [-0.2, -0.15) is 0 Å². The maximum Gasteiger partial charge on any atom is 0.233 e. The van der Waals surface area contributed by atoms with Crippen LogP contribution < -0.4 is 5.32 Å². The summed E-state index contributed by atoms with van der Waals surface area (Å²) in [6, 6.07) is 8.49. The van der Waals surface area contributed by atoms with E-state index >= 15 is 0 Å². The fourth-order valence-electron chi connectivity index (χ4n) is 3.98. The number of nitrogens with one attached hydrogen (secondary N) is 1. The van der Waals surface area contributed by atoms with Crippen LogP contribution in [0.5, 0.6) is 0 Å². The van der Waals surface area contributed by atoms with Crippen molar-refractivity contribution in [1.29, 1.82) is 0 Å². The van der Waals surface area contributed by atoms with Gasteiger partial charge in [-0.25, -0.2) is 0 Å². The first kappa shape index (κ1) is 20.9. The van der Waals surface area contributed by atoms with Gasteiger partial charge in [0.1, 0.15) is 0 Å². The zero-order valence-electron chi connectivity index (χ0n) is 17.6. The smallest absolute Gasteiger partial charge is 0.233 e. The predicted octanol–water partition coefficient (Wildman–Crippen LogP) is 4.69. The van der Waals surface area contributed by atoms with Crippen LogP contribution in [0.15, 0.2) is 29.4 Å². The number of aromatic nitrogens is 3. The topological polar surface area (TPSA) is 59.8 Å². The summed E-state index contributed by atoms with van der Waals surface area (Å²) in [5, 5.41) is 12.7. The Balaban J connectivity index is 1.71. The van der Waals surface area contributed by atoms with Crippen LogP contribution in [-0.4, -0.2) is 32.0 Å². The van der Waals surface area contributed by atoms with Crippen LogP contribution in [0.4, 0.5) is 0 Å². The second-order valence-corrected chi connectivity index (χ2v) is 9.32. The monoisotopic (exact) mass is 400 g/mol. The van der Waals surface area contributed by atoms with Crippen LogP contribution in [-0.2, 0) is 11.3 Å². The van der Waals surface area contributed by atoms with Crippen molar-refractivity contribution in [3.63, 3.8) is 0 Å². The van der Waals surface area contributed by atoms with Crippen molar-refractivity contribution in [2.45, 2.75) is 76.9 Å². The SMILES string of the molecule is CCn1c(S[C@H](C)C(=O)N[C@@H]2CCC[C@@H](C)[C@@H]2C)nnc1-c1ccccc1C. The van der Waals surface area contributed by atoms with Crippen molar-refractivity contribution < 1.29 is 4.79 Å². The van der Waals surface area contributed by atoms with Crippen molar-refractivity contribution >= 4 is 17.7 Å². The summed E-state index contributed by atoms with van der Waals surface area (Å²) < 4.78 is 2.10. The Morgan fingerprint density at radius 3 is 2.75 bits per heavy atom. The summed E-state index contributed by atoms with van der Waals surface area (Å²) in [4.78, 5) is 12.8. The fourth-order valence-corrected chi connectivity index (χ4v) is 4.90. The average molecular weight is 401 g/mol. The largest absolute Gasteiger partial charge is 0.352 e. The van der Waals surface area contributed by atoms with E-state index in [9.17, 15) is 4.79 Å². The maximum atomic E-state index is 12.8. The van der Waals surface area contributed by atoms with Crippen LogP contribution in [0.2, 0.25) is 0 Å². The number of aryl methyl sites for hydroxylation is 1. The van der Waals surface area contributed by atoms with Crippen LogP contribution in [0.25, 0.3) is 11.4 Å². The summed E-state index contributed by atoms with van der Waals surface area (Å²) in [5.41, 5.74) is 2.26. The summed E-state index contributed by atoms with van der Waals surface area (Å²) in [5.74, 6) is 2.16. The van der Waals surface area contributed by atoms with Crippen molar-refractivity contribution in [2.75, 3.05) is 0 Å². The normalized spacial score (nSPS) is 23.4. The zero-order chi connectivity index (χ0) is 20.3. The lowest BCUT2D eigenvalue weighted by atomic mass is 9.78. The molecule has 152 valence electrons. The molecule has 1 aliphatic carbocycles. The summed E-state index contributed by atoms with van der Waals surface area (Å²) in [6.45, 7) is 11.4. The molecule has 0 saturated heterocycles. The molecule has 1 heterocycles. The van der Waals surface area contributed by atoms with E-state index in [1.165, 1.54) is 30.2 Å². The first-order valence-corrected chi connectivity index (χ1v) is 11.3. The number of hydrogen-bond donors (Lipinski definition) is 1. The van der Waals surface area contributed by atoms with E-state index in [0.717, 1.165) is 29.5 Å². The zero-order valence-corrected chi connectivity index (χ0v) is 18.4. The first-order chi connectivity index (χ1) is 13.4. The molecule has 28 heavy (non-hydrogen) atoms. The molecule has 0 radical (unpaired) electrons. The van der Waals surface area contributed by atoms with E-state index in [2.05, 4.69) is 59.9 Å². The van der Waals surface area contributed by atoms with E-state index in [-0.39, 0.29) is 17.2 Å². The van der Waals surface area contributed by atoms with Crippen LogP contribution in [0, 0.1) is 18.8 Å². The molecule has 2 aromatic rings. The van der Waals surface area contributed by atoms with E-state index in [1.807, 2.05) is 19.1 Å². The fraction of sp³-hybridized carbons (Fsp3) is 0.591. The molecule has 4 atom stereocenters. The number of benzene rings is 1. The molecular formula is C22H32N4OS. The van der Waals surface area contributed by atoms with Gasteiger partial charge in [0.2, 0.25) is 5.91 Å². The molecule has 1 amide bonds. The molecule has 0 aliphatic heterocycles. The van der Waals surface area contributed by atoms with Gasteiger partial charge in [-0.05, 0) is 44.6 Å². The molecular weight excluding hydrogens is 368 g/mol. The molecule has 6 heteroatoms. The second-order valence-electron chi connectivity index (χ2n) is 8.01. The number of carbonyl (C=O) groups is 1. The lowest BCUT2D eigenvalue weighted by molar-refractivity contribution is -0.121. The molecule has 1 aliphatic rings. The molecule has 0 spiro atoms. The molecule has 3 rings (SSSR count). The number of carbonyl (C=O) groups excluding carboxylic acids is 1. The highest BCUT2D eigenvalue weighted by atomic mass is 32.2. The Morgan fingerprint density at radius 2 is 2.04 bits per heavy atom. The van der Waals surface area contributed by atoms with Gasteiger partial charge in [-0.15, -0.1) is 10.2 Å². The van der Waals surface area contributed by atoms with Gasteiger partial charge in [0, 0.05) is 18.2 Å². The van der Waals surface area contributed by atoms with E-state index in [0.29, 0.717) is 11.8 Å². The Bertz CT molecular complexity index is 819. The lowest BCUT2D eigenvalue weighted by Crippen LogP contribution is -2.46. The minimum atomic E-state index is -0.205. The van der Waals surface area contributed by atoms with Crippen LogP contribution in [0.1, 0.15) is 52.5 Å². The Morgan fingerprint density at radius 1 is 1.29 bits per heavy atom. The van der Waals surface area contributed by atoms with Gasteiger partial charge >= 0.3 is 0 Å². The quantitative estimate of drug-likeness (QED) is 0.714. The van der Waals surface area contributed by atoms with E-state index in [1.54, 1.807) is 0 Å². The van der Waals surface area contributed by atoms with Crippen molar-refractivity contribution in [3.8, 4) is 11.4 Å². The van der Waals surface area contributed by atoms with Gasteiger partial charge in [-0.1, -0.05) is 62.7 Å². The molecule has 1 fully saturated rings. The van der Waals surface area contributed by atoms with E-state index in [4.69, 9.17) is 0 Å². The predicted molar refractivity (Wildman–Crippen MR) is 115 cm³/mol. The number of nitrogens with zero attached hydrogens (tertiary/aromatic N) is 3.